The Hall–Kier alpha value is -2.69. The van der Waals surface area contributed by atoms with Crippen LogP contribution in [0.15, 0.2) is 18.6 Å². The highest BCUT2D eigenvalue weighted by Crippen LogP contribution is 2.57. The molecule has 2 aliphatic carbocycles. The van der Waals surface area contributed by atoms with E-state index in [0.717, 1.165) is 12.1 Å². The molecule has 1 saturated carbocycles. The number of hydrogen-bond acceptors (Lipinski definition) is 5. The molecule has 168 valence electrons. The molecule has 2 heterocycles. The van der Waals surface area contributed by atoms with E-state index < -0.39 is 36.7 Å². The smallest absolute Gasteiger partial charge is 0.406 e. The number of aromatic nitrogens is 4. The molecule has 0 saturated heterocycles. The van der Waals surface area contributed by atoms with Crippen LogP contribution >= 0.6 is 0 Å². The van der Waals surface area contributed by atoms with E-state index >= 15 is 0 Å². The Balaban J connectivity index is 1.80. The molecular weight excluding hydrogens is 415 g/mol. The topological polar surface area (TPSA) is 98.2 Å². The number of hydrogen-bond donors (Lipinski definition) is 1. The molecule has 11 heteroatoms. The number of alkyl halides is 3. The number of amides is 1. The summed E-state index contributed by atoms with van der Waals surface area (Å²) >= 11 is 0. The van der Waals surface area contributed by atoms with Crippen LogP contribution in [0.3, 0.4) is 0 Å². The minimum atomic E-state index is -4.64. The molecule has 4 rings (SSSR count). The predicted molar refractivity (Wildman–Crippen MR) is 102 cm³/mol. The van der Waals surface area contributed by atoms with E-state index in [1.54, 1.807) is 20.8 Å². The summed E-state index contributed by atoms with van der Waals surface area (Å²) in [5.41, 5.74) is 0.471. The van der Waals surface area contributed by atoms with Crippen LogP contribution in [0.25, 0.3) is 5.82 Å². The van der Waals surface area contributed by atoms with Gasteiger partial charge in [-0.25, -0.2) is 9.67 Å². The molecule has 0 bridgehead atoms. The largest absolute Gasteiger partial charge is 0.619 e. The van der Waals surface area contributed by atoms with E-state index in [4.69, 9.17) is 0 Å². The Morgan fingerprint density at radius 3 is 2.71 bits per heavy atom. The van der Waals surface area contributed by atoms with Crippen LogP contribution in [0.2, 0.25) is 0 Å². The van der Waals surface area contributed by atoms with Gasteiger partial charge in [-0.1, -0.05) is 20.8 Å². The number of aliphatic hydroxyl groups excluding tert-OH is 1. The molecule has 1 fully saturated rings. The lowest BCUT2D eigenvalue weighted by Gasteiger charge is -2.39. The Bertz CT molecular complexity index is 1010. The monoisotopic (exact) mass is 439 g/mol. The highest BCUT2D eigenvalue weighted by atomic mass is 19.4. The second-order valence-electron chi connectivity index (χ2n) is 9.32. The molecule has 31 heavy (non-hydrogen) atoms. The summed E-state index contributed by atoms with van der Waals surface area (Å²) in [6, 6.07) is -1.06. The zero-order chi connectivity index (χ0) is 22.7. The minimum absolute atomic E-state index is 0.0720. The number of carbonyl (C=O) groups excluding carboxylic acids is 1. The van der Waals surface area contributed by atoms with Crippen molar-refractivity contribution in [2.24, 2.45) is 11.3 Å². The second kappa shape index (κ2) is 7.18. The van der Waals surface area contributed by atoms with Gasteiger partial charge in [-0.2, -0.15) is 23.0 Å². The molecule has 2 aromatic heterocycles. The zero-order valence-corrected chi connectivity index (χ0v) is 17.4. The highest BCUT2D eigenvalue weighted by Gasteiger charge is 2.51. The normalized spacial score (nSPS) is 20.9. The van der Waals surface area contributed by atoms with Crippen molar-refractivity contribution in [2.75, 3.05) is 13.2 Å². The van der Waals surface area contributed by atoms with Crippen LogP contribution in [0.1, 0.15) is 54.9 Å². The van der Waals surface area contributed by atoms with Gasteiger partial charge in [0.25, 0.3) is 5.91 Å². The summed E-state index contributed by atoms with van der Waals surface area (Å²) in [4.78, 5) is 18.2. The van der Waals surface area contributed by atoms with Gasteiger partial charge < -0.3 is 15.2 Å². The van der Waals surface area contributed by atoms with Crippen molar-refractivity contribution in [2.45, 2.75) is 51.7 Å². The summed E-state index contributed by atoms with van der Waals surface area (Å²) in [7, 11) is 0. The number of fused-ring (bicyclic) bond motifs is 3. The molecule has 0 unspecified atom stereocenters. The molecule has 0 aromatic carbocycles. The van der Waals surface area contributed by atoms with Gasteiger partial charge in [0.15, 0.2) is 11.9 Å². The fourth-order valence-electron chi connectivity index (χ4n) is 4.43. The van der Waals surface area contributed by atoms with Gasteiger partial charge >= 0.3 is 6.18 Å². The first kappa shape index (κ1) is 21.5. The summed E-state index contributed by atoms with van der Waals surface area (Å²) < 4.78 is 42.1. The maximum absolute atomic E-state index is 13.4. The van der Waals surface area contributed by atoms with Gasteiger partial charge in [0, 0.05) is 11.5 Å². The van der Waals surface area contributed by atoms with Gasteiger partial charge in [-0.3, -0.25) is 4.79 Å². The number of carbonyl (C=O) groups is 1. The van der Waals surface area contributed by atoms with E-state index in [1.165, 1.54) is 23.3 Å². The molecule has 0 aliphatic heterocycles. The minimum Gasteiger partial charge on any atom is -0.619 e. The first-order valence-electron chi connectivity index (χ1n) is 10.1. The second-order valence-corrected chi connectivity index (χ2v) is 9.32. The average molecular weight is 439 g/mol. The lowest BCUT2D eigenvalue weighted by Crippen LogP contribution is -2.53. The third-order valence-corrected chi connectivity index (χ3v) is 6.01. The number of nitrogens with zero attached hydrogens (tertiary/aromatic N) is 5. The van der Waals surface area contributed by atoms with Crippen molar-refractivity contribution in [3.05, 3.63) is 40.7 Å². The molecule has 0 spiro atoms. The van der Waals surface area contributed by atoms with Crippen molar-refractivity contribution < 1.29 is 27.8 Å². The van der Waals surface area contributed by atoms with Crippen molar-refractivity contribution in [1.82, 2.24) is 19.7 Å². The Morgan fingerprint density at radius 2 is 2.13 bits per heavy atom. The van der Waals surface area contributed by atoms with Crippen LogP contribution in [0.4, 0.5) is 13.2 Å². The average Bonchev–Trinajstić information content (AvgIpc) is 3.15. The van der Waals surface area contributed by atoms with Crippen LogP contribution < -0.4 is 4.73 Å². The van der Waals surface area contributed by atoms with Crippen LogP contribution in [0, 0.1) is 16.5 Å². The summed E-state index contributed by atoms with van der Waals surface area (Å²) in [6.07, 6.45) is 0.524. The Labute approximate surface area is 176 Å². The van der Waals surface area contributed by atoms with E-state index in [9.17, 15) is 28.3 Å². The van der Waals surface area contributed by atoms with Gasteiger partial charge in [0.1, 0.15) is 6.54 Å². The quantitative estimate of drug-likeness (QED) is 0.568. The Morgan fingerprint density at radius 1 is 1.42 bits per heavy atom. The van der Waals surface area contributed by atoms with Crippen LogP contribution in [-0.2, 0) is 6.42 Å². The van der Waals surface area contributed by atoms with Gasteiger partial charge in [-0.05, 0) is 24.2 Å². The first-order valence-corrected chi connectivity index (χ1v) is 10.1. The van der Waals surface area contributed by atoms with E-state index in [2.05, 4.69) is 10.1 Å². The number of rotatable bonds is 5. The van der Waals surface area contributed by atoms with E-state index in [-0.39, 0.29) is 17.4 Å². The molecule has 0 radical (unpaired) electrons. The molecular formula is C20H24F3N5O3. The summed E-state index contributed by atoms with van der Waals surface area (Å²) in [6.45, 7) is 2.90. The third-order valence-electron chi connectivity index (χ3n) is 6.01. The van der Waals surface area contributed by atoms with Crippen LogP contribution in [0.5, 0.6) is 0 Å². The van der Waals surface area contributed by atoms with Gasteiger partial charge in [-0.15, -0.1) is 0 Å². The molecule has 1 N–H and O–H groups in total. The number of aliphatic hydroxyl groups is 1. The molecule has 1 amide bonds. The molecule has 2 aliphatic rings. The summed E-state index contributed by atoms with van der Waals surface area (Å²) in [5, 5.41) is 25.9. The van der Waals surface area contributed by atoms with Crippen molar-refractivity contribution in [3.8, 4) is 5.82 Å². The highest BCUT2D eigenvalue weighted by molar-refractivity contribution is 5.95. The van der Waals surface area contributed by atoms with Crippen LogP contribution in [-0.4, -0.2) is 56.0 Å². The lowest BCUT2D eigenvalue weighted by atomic mass is 9.85. The lowest BCUT2D eigenvalue weighted by molar-refractivity contribution is -0.605. The first-order chi connectivity index (χ1) is 14.4. The van der Waals surface area contributed by atoms with E-state index in [1.807, 2.05) is 0 Å². The standard InChI is InChI=1S/C20H24F3N5O3/c1-19(2,3)14(9-29)27(10-20(21,22)23)18(30)16-13-7-11-6-12(11)17(13)28(25-16)15-8-26(31)5-4-24-15/h4-5,8,11-12,14,29H,6-7,9-10H2,1-3H3/t11-,12-,14+/m0/s1. The number of halogens is 3. The maximum atomic E-state index is 13.4. The molecule has 2 aromatic rings. The Kier molecular flexibility index (Phi) is 4.99. The van der Waals surface area contributed by atoms with Crippen molar-refractivity contribution >= 4 is 5.91 Å². The SMILES string of the molecule is CC(C)(C)[C@@H](CO)N(CC(F)(F)F)C(=O)c1nn(-c2c[n+]([O-])ccn2)c2c1C[C@@H]1C[C@H]21. The zero-order valence-electron chi connectivity index (χ0n) is 17.4. The third kappa shape index (κ3) is 3.98. The van der Waals surface area contributed by atoms with Gasteiger partial charge in [0.2, 0.25) is 12.0 Å². The maximum Gasteiger partial charge on any atom is 0.406 e. The molecule has 3 atom stereocenters. The molecule has 8 nitrogen and oxygen atoms in total. The fraction of sp³-hybridized carbons (Fsp3) is 0.600. The van der Waals surface area contributed by atoms with Crippen molar-refractivity contribution in [1.29, 1.82) is 0 Å². The van der Waals surface area contributed by atoms with Gasteiger partial charge in [0.05, 0.1) is 24.5 Å². The predicted octanol–water partition coefficient (Wildman–Crippen LogP) is 1.97. The fourth-order valence-corrected chi connectivity index (χ4v) is 4.43. The van der Waals surface area contributed by atoms with Crippen molar-refractivity contribution in [3.63, 3.8) is 0 Å². The summed E-state index contributed by atoms with van der Waals surface area (Å²) in [5.74, 6) is -0.203. The van der Waals surface area contributed by atoms with E-state index in [0.29, 0.717) is 27.5 Å².